The van der Waals surface area contributed by atoms with Crippen molar-refractivity contribution in [1.29, 1.82) is 0 Å². The fraction of sp³-hybridized carbons (Fsp3) is 0.267. The average Bonchev–Trinajstić information content (AvgIpc) is 2.85. The van der Waals surface area contributed by atoms with Gasteiger partial charge in [0.15, 0.2) is 0 Å². The van der Waals surface area contributed by atoms with Crippen molar-refractivity contribution >= 4 is 11.7 Å². The number of hydrogen-bond acceptors (Lipinski definition) is 3. The predicted molar refractivity (Wildman–Crippen MR) is 75.4 cm³/mol. The van der Waals surface area contributed by atoms with E-state index in [1.807, 2.05) is 6.07 Å². The van der Waals surface area contributed by atoms with Crippen molar-refractivity contribution in [2.24, 2.45) is 0 Å². The molecular weight excluding hydrogens is 240 g/mol. The van der Waals surface area contributed by atoms with Crippen LogP contribution in [0.1, 0.15) is 27.3 Å². The van der Waals surface area contributed by atoms with E-state index in [1.165, 1.54) is 18.2 Å². The van der Waals surface area contributed by atoms with Crippen molar-refractivity contribution in [2.45, 2.75) is 20.4 Å². The fourth-order valence-electron chi connectivity index (χ4n) is 1.97. The van der Waals surface area contributed by atoms with E-state index in [1.54, 1.807) is 6.07 Å². The molecule has 19 heavy (non-hydrogen) atoms. The Balaban J connectivity index is 2.02. The molecule has 0 unspecified atom stereocenters. The van der Waals surface area contributed by atoms with Crippen molar-refractivity contribution in [3.05, 3.63) is 52.8 Å². The van der Waals surface area contributed by atoms with E-state index in [4.69, 9.17) is 0 Å². The van der Waals surface area contributed by atoms with Gasteiger partial charge in [0.1, 0.15) is 5.69 Å². The van der Waals surface area contributed by atoms with Crippen molar-refractivity contribution in [3.63, 3.8) is 0 Å². The van der Waals surface area contributed by atoms with Gasteiger partial charge in [-0.1, -0.05) is 17.7 Å². The molecule has 2 aromatic rings. The molecular formula is C15H18N2O2. The predicted octanol–water partition coefficient (Wildman–Crippen LogP) is 3.03. The van der Waals surface area contributed by atoms with Crippen LogP contribution < -0.4 is 5.32 Å². The lowest BCUT2D eigenvalue weighted by molar-refractivity contribution is 0.0594. The molecule has 0 radical (unpaired) electrons. The van der Waals surface area contributed by atoms with Crippen molar-refractivity contribution in [1.82, 2.24) is 4.98 Å². The van der Waals surface area contributed by atoms with Crippen molar-refractivity contribution in [3.8, 4) is 0 Å². The second-order valence-corrected chi connectivity index (χ2v) is 4.56. The Bertz CT molecular complexity index is 588. The average molecular weight is 258 g/mol. The van der Waals surface area contributed by atoms with Crippen LogP contribution in [0.2, 0.25) is 0 Å². The normalized spacial score (nSPS) is 10.3. The van der Waals surface area contributed by atoms with Gasteiger partial charge in [0.05, 0.1) is 13.7 Å². The van der Waals surface area contributed by atoms with Crippen LogP contribution in [0.4, 0.5) is 5.69 Å². The maximum absolute atomic E-state index is 11.3. The topological polar surface area (TPSA) is 54.1 Å². The first-order valence-electron chi connectivity index (χ1n) is 6.17. The number of hydrogen-bond donors (Lipinski definition) is 2. The zero-order chi connectivity index (χ0) is 13.8. The number of aromatic nitrogens is 1. The Labute approximate surface area is 112 Å². The number of nitrogens with one attached hydrogen (secondary N) is 2. The summed E-state index contributed by atoms with van der Waals surface area (Å²) in [5, 5.41) is 3.34. The number of anilines is 1. The number of carbonyl (C=O) groups excluding carboxylic acids is 1. The summed E-state index contributed by atoms with van der Waals surface area (Å²) in [5.41, 5.74) is 4.97. The summed E-state index contributed by atoms with van der Waals surface area (Å²) in [6, 6.07) is 9.88. The zero-order valence-corrected chi connectivity index (χ0v) is 11.4. The van der Waals surface area contributed by atoms with Crippen LogP contribution >= 0.6 is 0 Å². The standard InChI is InChI=1S/C15H18N2O2/c1-10-4-6-13(11(2)8-10)16-9-12-5-7-14(17-12)15(18)19-3/h4-8,16-17H,9H2,1-3H3. The molecule has 0 bridgehead atoms. The molecule has 0 spiro atoms. The maximum Gasteiger partial charge on any atom is 0.354 e. The van der Waals surface area contributed by atoms with Crippen LogP contribution in [0.3, 0.4) is 0 Å². The van der Waals surface area contributed by atoms with E-state index in [0.717, 1.165) is 11.4 Å². The molecule has 1 aromatic carbocycles. The number of aromatic amines is 1. The highest BCUT2D eigenvalue weighted by Crippen LogP contribution is 2.17. The molecule has 1 aromatic heterocycles. The van der Waals surface area contributed by atoms with Crippen LogP contribution in [0.25, 0.3) is 0 Å². The first-order chi connectivity index (χ1) is 9.10. The summed E-state index contributed by atoms with van der Waals surface area (Å²) in [5.74, 6) is -0.349. The highest BCUT2D eigenvalue weighted by molar-refractivity contribution is 5.87. The lowest BCUT2D eigenvalue weighted by Gasteiger charge is -2.09. The summed E-state index contributed by atoms with van der Waals surface area (Å²) in [6.45, 7) is 4.79. The summed E-state index contributed by atoms with van der Waals surface area (Å²) >= 11 is 0. The lowest BCUT2D eigenvalue weighted by atomic mass is 10.1. The van der Waals surface area contributed by atoms with Gasteiger partial charge >= 0.3 is 5.97 Å². The quantitative estimate of drug-likeness (QED) is 0.829. The number of aryl methyl sites for hydroxylation is 2. The molecule has 0 amide bonds. The van der Waals surface area contributed by atoms with Gasteiger partial charge < -0.3 is 15.0 Å². The first kappa shape index (κ1) is 13.2. The summed E-state index contributed by atoms with van der Waals surface area (Å²) in [6.07, 6.45) is 0. The van der Waals surface area contributed by atoms with E-state index in [0.29, 0.717) is 12.2 Å². The smallest absolute Gasteiger partial charge is 0.354 e. The maximum atomic E-state index is 11.3. The van der Waals surface area contributed by atoms with Gasteiger partial charge in [-0.3, -0.25) is 0 Å². The van der Waals surface area contributed by atoms with Gasteiger partial charge in [-0.05, 0) is 37.6 Å². The van der Waals surface area contributed by atoms with Crippen LogP contribution in [-0.2, 0) is 11.3 Å². The first-order valence-corrected chi connectivity index (χ1v) is 6.17. The molecule has 0 atom stereocenters. The minimum atomic E-state index is -0.349. The van der Waals surface area contributed by atoms with Gasteiger partial charge in [-0.15, -0.1) is 0 Å². The number of carbonyl (C=O) groups is 1. The molecule has 2 N–H and O–H groups in total. The fourth-order valence-corrected chi connectivity index (χ4v) is 1.97. The second kappa shape index (κ2) is 5.61. The van der Waals surface area contributed by atoms with Gasteiger partial charge in [0.2, 0.25) is 0 Å². The molecule has 4 heteroatoms. The molecule has 0 fully saturated rings. The number of H-pyrrole nitrogens is 1. The third kappa shape index (κ3) is 3.16. The minimum Gasteiger partial charge on any atom is -0.464 e. The van der Waals surface area contributed by atoms with Gasteiger partial charge in [-0.2, -0.15) is 0 Å². The van der Waals surface area contributed by atoms with Crippen LogP contribution in [0, 0.1) is 13.8 Å². The Kier molecular flexibility index (Phi) is 3.90. The van der Waals surface area contributed by atoms with Crippen LogP contribution in [0.15, 0.2) is 30.3 Å². The van der Waals surface area contributed by atoms with E-state index < -0.39 is 0 Å². The van der Waals surface area contributed by atoms with Gasteiger partial charge in [0.25, 0.3) is 0 Å². The summed E-state index contributed by atoms with van der Waals surface area (Å²) < 4.78 is 4.65. The molecule has 0 saturated heterocycles. The van der Waals surface area contributed by atoms with Crippen LogP contribution in [0.5, 0.6) is 0 Å². The molecule has 4 nitrogen and oxygen atoms in total. The van der Waals surface area contributed by atoms with Gasteiger partial charge in [-0.25, -0.2) is 4.79 Å². The zero-order valence-electron chi connectivity index (χ0n) is 11.4. The summed E-state index contributed by atoms with van der Waals surface area (Å²) in [7, 11) is 1.37. The van der Waals surface area contributed by atoms with E-state index in [9.17, 15) is 4.79 Å². The Morgan fingerprint density at radius 2 is 2.05 bits per heavy atom. The highest BCUT2D eigenvalue weighted by Gasteiger charge is 2.07. The van der Waals surface area contributed by atoms with Gasteiger partial charge in [0, 0.05) is 11.4 Å². The molecule has 2 rings (SSSR count). The number of methoxy groups -OCH3 is 1. The molecule has 0 saturated carbocycles. The lowest BCUT2D eigenvalue weighted by Crippen LogP contribution is -2.04. The molecule has 100 valence electrons. The third-order valence-corrected chi connectivity index (χ3v) is 3.00. The van der Waals surface area contributed by atoms with E-state index in [2.05, 4.69) is 47.1 Å². The van der Waals surface area contributed by atoms with E-state index in [-0.39, 0.29) is 5.97 Å². The monoisotopic (exact) mass is 258 g/mol. The van der Waals surface area contributed by atoms with E-state index >= 15 is 0 Å². The third-order valence-electron chi connectivity index (χ3n) is 3.00. The number of benzene rings is 1. The number of rotatable bonds is 4. The molecule has 0 aliphatic rings. The molecule has 0 aliphatic carbocycles. The molecule has 1 heterocycles. The van der Waals surface area contributed by atoms with Crippen LogP contribution in [-0.4, -0.2) is 18.1 Å². The Morgan fingerprint density at radius 3 is 2.74 bits per heavy atom. The van der Waals surface area contributed by atoms with Crippen molar-refractivity contribution in [2.75, 3.05) is 12.4 Å². The Morgan fingerprint density at radius 1 is 1.26 bits per heavy atom. The second-order valence-electron chi connectivity index (χ2n) is 4.56. The SMILES string of the molecule is COC(=O)c1ccc(CNc2ccc(C)cc2C)[nH]1. The largest absolute Gasteiger partial charge is 0.464 e. The van der Waals surface area contributed by atoms with Crippen molar-refractivity contribution < 1.29 is 9.53 Å². The molecule has 0 aliphatic heterocycles. The summed E-state index contributed by atoms with van der Waals surface area (Å²) in [4.78, 5) is 14.3. The Hall–Kier alpha value is -2.23. The number of esters is 1. The highest BCUT2D eigenvalue weighted by atomic mass is 16.5. The minimum absolute atomic E-state index is 0.349. The number of ether oxygens (including phenoxy) is 1.